The molecule has 0 radical (unpaired) electrons. The van der Waals surface area contributed by atoms with Gasteiger partial charge in [-0.3, -0.25) is 5.84 Å². The molecule has 2 rings (SSSR count). The van der Waals surface area contributed by atoms with Crippen LogP contribution in [0.2, 0.25) is 5.22 Å². The maximum Gasteiger partial charge on any atom is 0.198 e. The molecular weight excluding hydrogens is 268 g/mol. The zero-order valence-corrected chi connectivity index (χ0v) is 11.4. The van der Waals surface area contributed by atoms with Crippen LogP contribution in [0, 0.1) is 0 Å². The summed E-state index contributed by atoms with van der Waals surface area (Å²) in [6.45, 7) is 0. The van der Waals surface area contributed by atoms with E-state index in [1.54, 1.807) is 20.3 Å². The highest BCUT2D eigenvalue weighted by atomic mass is 35.5. The summed E-state index contributed by atoms with van der Waals surface area (Å²) < 4.78 is 15.7. The van der Waals surface area contributed by atoms with E-state index in [1.165, 1.54) is 6.26 Å². The Morgan fingerprint density at radius 3 is 2.53 bits per heavy atom. The second-order valence-electron chi connectivity index (χ2n) is 3.86. The Morgan fingerprint density at radius 1 is 1.21 bits per heavy atom. The van der Waals surface area contributed by atoms with Gasteiger partial charge < -0.3 is 13.9 Å². The Morgan fingerprint density at radius 2 is 2.00 bits per heavy atom. The van der Waals surface area contributed by atoms with Gasteiger partial charge in [0.1, 0.15) is 11.5 Å². The topological polar surface area (TPSA) is 69.7 Å². The predicted molar refractivity (Wildman–Crippen MR) is 72.4 cm³/mol. The van der Waals surface area contributed by atoms with Crippen molar-refractivity contribution < 1.29 is 13.9 Å². The highest BCUT2D eigenvalue weighted by molar-refractivity contribution is 6.29. The Labute approximate surface area is 116 Å². The SMILES string of the molecule is COc1ccc(OC)c(C(NN)c2ccoc2Cl)c1. The molecule has 0 saturated heterocycles. The van der Waals surface area contributed by atoms with Crippen LogP contribution in [-0.4, -0.2) is 14.2 Å². The first kappa shape index (κ1) is 13.7. The molecule has 19 heavy (non-hydrogen) atoms. The second kappa shape index (κ2) is 5.97. The minimum absolute atomic E-state index is 0.285. The van der Waals surface area contributed by atoms with Crippen LogP contribution >= 0.6 is 11.6 Å². The van der Waals surface area contributed by atoms with Gasteiger partial charge in [0.15, 0.2) is 5.22 Å². The zero-order valence-electron chi connectivity index (χ0n) is 10.6. The zero-order chi connectivity index (χ0) is 13.8. The first-order valence-corrected chi connectivity index (χ1v) is 6.00. The molecule has 0 aliphatic carbocycles. The van der Waals surface area contributed by atoms with Gasteiger partial charge in [-0.05, 0) is 35.9 Å². The van der Waals surface area contributed by atoms with Crippen LogP contribution < -0.4 is 20.7 Å². The second-order valence-corrected chi connectivity index (χ2v) is 4.20. The Kier molecular flexibility index (Phi) is 4.31. The molecule has 1 heterocycles. The number of ether oxygens (including phenoxy) is 2. The number of nitrogens with one attached hydrogen (secondary N) is 1. The summed E-state index contributed by atoms with van der Waals surface area (Å²) in [6.07, 6.45) is 1.51. The average molecular weight is 283 g/mol. The average Bonchev–Trinajstić information content (AvgIpc) is 2.86. The standard InChI is InChI=1S/C13H15ClN2O3/c1-17-8-3-4-11(18-2)10(7-8)12(16-15)9-5-6-19-13(9)14/h3-7,12,16H,15H2,1-2H3. The van der Waals surface area contributed by atoms with E-state index in [-0.39, 0.29) is 11.3 Å². The van der Waals surface area contributed by atoms with Gasteiger partial charge in [0.25, 0.3) is 0 Å². The van der Waals surface area contributed by atoms with Gasteiger partial charge in [-0.2, -0.15) is 0 Å². The molecule has 5 nitrogen and oxygen atoms in total. The number of halogens is 1. The van der Waals surface area contributed by atoms with Crippen molar-refractivity contribution in [2.75, 3.05) is 14.2 Å². The Bertz CT molecular complexity index is 557. The predicted octanol–water partition coefficient (Wildman–Crippen LogP) is 2.50. The molecule has 2 aromatic rings. The monoisotopic (exact) mass is 282 g/mol. The van der Waals surface area contributed by atoms with Crippen molar-refractivity contribution in [3.8, 4) is 11.5 Å². The molecule has 6 heteroatoms. The van der Waals surface area contributed by atoms with Gasteiger partial charge >= 0.3 is 0 Å². The molecule has 0 fully saturated rings. The number of hydrogen-bond acceptors (Lipinski definition) is 5. The molecule has 102 valence electrons. The number of benzene rings is 1. The van der Waals surface area contributed by atoms with Crippen molar-refractivity contribution in [3.63, 3.8) is 0 Å². The van der Waals surface area contributed by atoms with E-state index in [0.29, 0.717) is 11.5 Å². The summed E-state index contributed by atoms with van der Waals surface area (Å²) >= 11 is 6.00. The third kappa shape index (κ3) is 2.68. The molecule has 0 spiro atoms. The lowest BCUT2D eigenvalue weighted by molar-refractivity contribution is 0.394. The van der Waals surface area contributed by atoms with E-state index in [2.05, 4.69) is 5.43 Å². The molecule has 1 atom stereocenters. The normalized spacial score (nSPS) is 12.2. The number of nitrogens with two attached hydrogens (primary N) is 1. The van der Waals surface area contributed by atoms with E-state index in [1.807, 2.05) is 18.2 Å². The van der Waals surface area contributed by atoms with Gasteiger partial charge in [0, 0.05) is 11.1 Å². The number of furan rings is 1. The van der Waals surface area contributed by atoms with Crippen LogP contribution in [0.3, 0.4) is 0 Å². The molecule has 0 amide bonds. The van der Waals surface area contributed by atoms with Gasteiger partial charge in [-0.15, -0.1) is 0 Å². The van der Waals surface area contributed by atoms with Gasteiger partial charge in [-0.25, -0.2) is 5.43 Å². The number of rotatable bonds is 5. The lowest BCUT2D eigenvalue weighted by atomic mass is 10.0. The molecule has 0 saturated carbocycles. The Hall–Kier alpha value is -1.69. The lowest BCUT2D eigenvalue weighted by Crippen LogP contribution is -2.29. The maximum atomic E-state index is 6.00. The fourth-order valence-corrected chi connectivity index (χ4v) is 2.15. The minimum Gasteiger partial charge on any atom is -0.497 e. The number of hydrazine groups is 1. The quantitative estimate of drug-likeness (QED) is 0.651. The van der Waals surface area contributed by atoms with Gasteiger partial charge in [-0.1, -0.05) is 0 Å². The fourth-order valence-electron chi connectivity index (χ4n) is 1.92. The first-order valence-electron chi connectivity index (χ1n) is 5.62. The van der Waals surface area contributed by atoms with E-state index < -0.39 is 0 Å². The van der Waals surface area contributed by atoms with Gasteiger partial charge in [0.2, 0.25) is 0 Å². The van der Waals surface area contributed by atoms with E-state index in [0.717, 1.165) is 11.1 Å². The number of methoxy groups -OCH3 is 2. The highest BCUT2D eigenvalue weighted by Gasteiger charge is 2.22. The molecular formula is C13H15ClN2O3. The lowest BCUT2D eigenvalue weighted by Gasteiger charge is -2.19. The van der Waals surface area contributed by atoms with Crippen LogP contribution in [0.4, 0.5) is 0 Å². The summed E-state index contributed by atoms with van der Waals surface area (Å²) in [7, 11) is 3.19. The van der Waals surface area contributed by atoms with Crippen LogP contribution in [0.25, 0.3) is 0 Å². The van der Waals surface area contributed by atoms with Crippen molar-refractivity contribution >= 4 is 11.6 Å². The number of hydrogen-bond donors (Lipinski definition) is 2. The van der Waals surface area contributed by atoms with Gasteiger partial charge in [0.05, 0.1) is 26.5 Å². The summed E-state index contributed by atoms with van der Waals surface area (Å²) in [5, 5.41) is 0.285. The third-order valence-electron chi connectivity index (χ3n) is 2.87. The molecule has 3 N–H and O–H groups in total. The molecule has 0 bridgehead atoms. The molecule has 1 unspecified atom stereocenters. The summed E-state index contributed by atoms with van der Waals surface area (Å²) in [5.41, 5.74) is 4.25. The van der Waals surface area contributed by atoms with Crippen molar-refractivity contribution in [2.45, 2.75) is 6.04 Å². The Balaban J connectivity index is 2.51. The fraction of sp³-hybridized carbons (Fsp3) is 0.231. The maximum absolute atomic E-state index is 6.00. The summed E-state index contributed by atoms with van der Waals surface area (Å²) in [6, 6.07) is 6.87. The van der Waals surface area contributed by atoms with Crippen LogP contribution in [0.5, 0.6) is 11.5 Å². The minimum atomic E-state index is -0.351. The van der Waals surface area contributed by atoms with Crippen LogP contribution in [0.15, 0.2) is 34.9 Å². The van der Waals surface area contributed by atoms with Crippen LogP contribution in [0.1, 0.15) is 17.2 Å². The molecule has 0 aliphatic rings. The molecule has 1 aromatic heterocycles. The largest absolute Gasteiger partial charge is 0.497 e. The smallest absolute Gasteiger partial charge is 0.198 e. The van der Waals surface area contributed by atoms with Crippen molar-refractivity contribution in [1.29, 1.82) is 0 Å². The summed E-state index contributed by atoms with van der Waals surface area (Å²) in [5.74, 6) is 7.02. The first-order chi connectivity index (χ1) is 9.21. The van der Waals surface area contributed by atoms with Crippen LogP contribution in [-0.2, 0) is 0 Å². The summed E-state index contributed by atoms with van der Waals surface area (Å²) in [4.78, 5) is 0. The molecule has 1 aromatic carbocycles. The van der Waals surface area contributed by atoms with E-state index >= 15 is 0 Å². The van der Waals surface area contributed by atoms with E-state index in [4.69, 9.17) is 31.3 Å². The third-order valence-corrected chi connectivity index (χ3v) is 3.18. The van der Waals surface area contributed by atoms with Crippen molar-refractivity contribution in [1.82, 2.24) is 5.43 Å². The molecule has 0 aliphatic heterocycles. The van der Waals surface area contributed by atoms with E-state index in [9.17, 15) is 0 Å². The van der Waals surface area contributed by atoms with Crippen molar-refractivity contribution in [3.05, 3.63) is 46.9 Å². The van der Waals surface area contributed by atoms with Crippen molar-refractivity contribution in [2.24, 2.45) is 5.84 Å². The highest BCUT2D eigenvalue weighted by Crippen LogP contribution is 2.35.